The third kappa shape index (κ3) is 5.06. The molecule has 2 aromatic carbocycles. The van der Waals surface area contributed by atoms with Gasteiger partial charge < -0.3 is 4.90 Å². The molecule has 0 saturated carbocycles. The summed E-state index contributed by atoms with van der Waals surface area (Å²) in [6, 6.07) is 14.4. The van der Waals surface area contributed by atoms with Crippen molar-refractivity contribution in [3.8, 4) is 0 Å². The average Bonchev–Trinajstić information content (AvgIpc) is 2.55. The van der Waals surface area contributed by atoms with Gasteiger partial charge in [0.25, 0.3) is 11.7 Å². The Kier molecular flexibility index (Phi) is 6.16. The van der Waals surface area contributed by atoms with E-state index >= 15 is 0 Å². The molecule has 0 unspecified atom stereocenters. The van der Waals surface area contributed by atoms with Crippen LogP contribution in [0.2, 0.25) is 0 Å². The first-order valence-electron chi connectivity index (χ1n) is 7.37. The maximum absolute atomic E-state index is 12.4. The first-order valence-corrected chi connectivity index (χ1v) is 8.25. The summed E-state index contributed by atoms with van der Waals surface area (Å²) in [4.78, 5) is 14.5. The molecule has 0 heterocycles. The Labute approximate surface area is 139 Å². The van der Waals surface area contributed by atoms with Gasteiger partial charge in [-0.3, -0.25) is 4.79 Å². The van der Waals surface area contributed by atoms with Crippen LogP contribution >= 0.6 is 11.8 Å². The highest BCUT2D eigenvalue weighted by Gasteiger charge is 2.13. The molecule has 0 aromatic heterocycles. The van der Waals surface area contributed by atoms with Gasteiger partial charge in [-0.05, 0) is 41.8 Å². The van der Waals surface area contributed by atoms with E-state index in [9.17, 15) is 13.6 Å². The minimum absolute atomic E-state index is 0.127. The summed E-state index contributed by atoms with van der Waals surface area (Å²) in [5, 5.41) is 0. The zero-order valence-corrected chi connectivity index (χ0v) is 13.9. The Bertz CT molecular complexity index is 641. The Morgan fingerprint density at radius 1 is 1.04 bits per heavy atom. The number of hydrogen-bond acceptors (Lipinski definition) is 2. The van der Waals surface area contributed by atoms with Crippen LogP contribution in [-0.4, -0.2) is 23.6 Å². The van der Waals surface area contributed by atoms with Crippen LogP contribution in [0.3, 0.4) is 0 Å². The van der Waals surface area contributed by atoms with Crippen LogP contribution < -0.4 is 0 Å². The van der Waals surface area contributed by atoms with Crippen molar-refractivity contribution >= 4 is 17.7 Å². The number of hydrogen-bond donors (Lipinski definition) is 0. The summed E-state index contributed by atoms with van der Waals surface area (Å²) in [5.41, 5.74) is 2.81. The van der Waals surface area contributed by atoms with Gasteiger partial charge >= 0.3 is 0 Å². The lowest BCUT2D eigenvalue weighted by atomic mass is 10.1. The molecule has 122 valence electrons. The zero-order valence-electron chi connectivity index (χ0n) is 13.1. The van der Waals surface area contributed by atoms with Gasteiger partial charge in [0.2, 0.25) is 0 Å². The third-order valence-corrected chi connectivity index (χ3v) is 4.25. The zero-order chi connectivity index (χ0) is 16.8. The van der Waals surface area contributed by atoms with E-state index in [1.807, 2.05) is 12.1 Å². The number of thioether (sulfide) groups is 1. The van der Waals surface area contributed by atoms with Crippen LogP contribution in [0.5, 0.6) is 0 Å². The van der Waals surface area contributed by atoms with Gasteiger partial charge in [-0.25, -0.2) is 0 Å². The largest absolute Gasteiger partial charge is 0.337 e. The number of rotatable bonds is 6. The topological polar surface area (TPSA) is 20.3 Å². The Hall–Kier alpha value is -1.88. The number of carbonyl (C=O) groups is 1. The van der Waals surface area contributed by atoms with Crippen molar-refractivity contribution in [3.63, 3.8) is 0 Å². The summed E-state index contributed by atoms with van der Waals surface area (Å²) < 4.78 is 24.6. The number of benzene rings is 2. The van der Waals surface area contributed by atoms with Gasteiger partial charge in [-0.2, -0.15) is 8.78 Å². The van der Waals surface area contributed by atoms with E-state index in [4.69, 9.17) is 0 Å². The second kappa shape index (κ2) is 8.11. The van der Waals surface area contributed by atoms with E-state index in [2.05, 4.69) is 19.1 Å². The van der Waals surface area contributed by atoms with Crippen molar-refractivity contribution < 1.29 is 13.6 Å². The van der Waals surface area contributed by atoms with Crippen molar-refractivity contribution in [3.05, 3.63) is 65.2 Å². The van der Waals surface area contributed by atoms with Crippen LogP contribution in [0.1, 0.15) is 28.4 Å². The van der Waals surface area contributed by atoms with Crippen molar-refractivity contribution in [2.45, 2.75) is 30.5 Å². The molecule has 0 saturated heterocycles. The van der Waals surface area contributed by atoms with E-state index < -0.39 is 5.76 Å². The first kappa shape index (κ1) is 17.5. The van der Waals surface area contributed by atoms with Crippen molar-refractivity contribution in [2.75, 3.05) is 7.05 Å². The predicted octanol–water partition coefficient (Wildman–Crippen LogP) is 4.84. The Balaban J connectivity index is 2.00. The molecule has 0 spiro atoms. The average molecular weight is 335 g/mol. The van der Waals surface area contributed by atoms with Crippen molar-refractivity contribution in [1.82, 2.24) is 4.90 Å². The lowest BCUT2D eigenvalue weighted by Crippen LogP contribution is -2.26. The molecule has 0 aliphatic rings. The highest BCUT2D eigenvalue weighted by Crippen LogP contribution is 2.25. The Morgan fingerprint density at radius 2 is 1.61 bits per heavy atom. The van der Waals surface area contributed by atoms with Crippen LogP contribution in [0, 0.1) is 0 Å². The van der Waals surface area contributed by atoms with Crippen molar-refractivity contribution in [1.29, 1.82) is 0 Å². The maximum atomic E-state index is 12.4. The van der Waals surface area contributed by atoms with Crippen LogP contribution in [0.4, 0.5) is 8.78 Å². The first-order chi connectivity index (χ1) is 11.0. The van der Waals surface area contributed by atoms with Gasteiger partial charge in [-0.15, -0.1) is 0 Å². The molecule has 0 radical (unpaired) electrons. The number of alkyl halides is 2. The van der Waals surface area contributed by atoms with Crippen LogP contribution in [0.15, 0.2) is 53.4 Å². The van der Waals surface area contributed by atoms with E-state index in [1.165, 1.54) is 5.56 Å². The number of amides is 1. The standard InChI is InChI=1S/C18H19F2NOS/c1-3-13-4-6-14(7-5-13)12-21(2)17(22)15-8-10-16(11-9-15)23-18(19)20/h4-11,18H,3,12H2,1-2H3. The van der Waals surface area contributed by atoms with Gasteiger partial charge in [0.1, 0.15) is 0 Å². The SMILES string of the molecule is CCc1ccc(CN(C)C(=O)c2ccc(SC(F)F)cc2)cc1. The lowest BCUT2D eigenvalue weighted by Gasteiger charge is -2.17. The molecule has 2 nitrogen and oxygen atoms in total. The monoisotopic (exact) mass is 335 g/mol. The quantitative estimate of drug-likeness (QED) is 0.704. The summed E-state index contributed by atoms with van der Waals surface area (Å²) in [7, 11) is 1.73. The van der Waals surface area contributed by atoms with E-state index in [1.54, 1.807) is 36.2 Å². The minimum Gasteiger partial charge on any atom is -0.337 e. The highest BCUT2D eigenvalue weighted by atomic mass is 32.2. The molecule has 0 N–H and O–H groups in total. The second-order valence-electron chi connectivity index (χ2n) is 5.23. The maximum Gasteiger partial charge on any atom is 0.288 e. The molecule has 23 heavy (non-hydrogen) atoms. The van der Waals surface area contributed by atoms with Crippen molar-refractivity contribution in [2.24, 2.45) is 0 Å². The fourth-order valence-electron chi connectivity index (χ4n) is 2.23. The number of nitrogens with zero attached hydrogens (tertiary/aromatic N) is 1. The summed E-state index contributed by atoms with van der Waals surface area (Å²) >= 11 is 0.475. The van der Waals surface area contributed by atoms with E-state index in [0.29, 0.717) is 28.8 Å². The predicted molar refractivity (Wildman–Crippen MR) is 89.9 cm³/mol. The summed E-state index contributed by atoms with van der Waals surface area (Å²) in [6.07, 6.45) is 0.984. The molecule has 0 aliphatic heterocycles. The molecule has 2 rings (SSSR count). The molecule has 0 atom stereocenters. The minimum atomic E-state index is -2.45. The molecule has 1 amide bonds. The van der Waals surface area contributed by atoms with Crippen LogP contribution in [-0.2, 0) is 13.0 Å². The number of carbonyl (C=O) groups excluding carboxylic acids is 1. The highest BCUT2D eigenvalue weighted by molar-refractivity contribution is 7.99. The molecule has 0 aliphatic carbocycles. The Morgan fingerprint density at radius 3 is 2.13 bits per heavy atom. The van der Waals surface area contributed by atoms with Gasteiger partial charge in [0, 0.05) is 24.1 Å². The molecular formula is C18H19F2NOS. The normalized spacial score (nSPS) is 10.8. The fraction of sp³-hybridized carbons (Fsp3) is 0.278. The molecule has 5 heteroatoms. The van der Waals surface area contributed by atoms with Gasteiger partial charge in [0.15, 0.2) is 0 Å². The molecular weight excluding hydrogens is 316 g/mol. The molecule has 0 fully saturated rings. The third-order valence-electron chi connectivity index (χ3n) is 3.52. The second-order valence-corrected chi connectivity index (χ2v) is 6.30. The fourth-order valence-corrected chi connectivity index (χ4v) is 2.72. The van der Waals surface area contributed by atoms with Gasteiger partial charge in [-0.1, -0.05) is 43.0 Å². The van der Waals surface area contributed by atoms with E-state index in [-0.39, 0.29) is 5.91 Å². The van der Waals surface area contributed by atoms with Gasteiger partial charge in [0.05, 0.1) is 0 Å². The lowest BCUT2D eigenvalue weighted by molar-refractivity contribution is 0.0785. The number of halogens is 2. The summed E-state index contributed by atoms with van der Waals surface area (Å²) in [5.74, 6) is -2.58. The number of aryl methyl sites for hydroxylation is 1. The molecule has 2 aromatic rings. The molecule has 0 bridgehead atoms. The smallest absolute Gasteiger partial charge is 0.288 e. The summed E-state index contributed by atoms with van der Waals surface area (Å²) in [6.45, 7) is 2.61. The van der Waals surface area contributed by atoms with Crippen LogP contribution in [0.25, 0.3) is 0 Å². The van der Waals surface area contributed by atoms with E-state index in [0.717, 1.165) is 12.0 Å².